The van der Waals surface area contributed by atoms with Crippen molar-refractivity contribution in [2.75, 3.05) is 0 Å². The topological polar surface area (TPSA) is 37.3 Å². The Morgan fingerprint density at radius 2 is 1.78 bits per heavy atom. The molecule has 0 fully saturated rings. The van der Waals surface area contributed by atoms with Gasteiger partial charge in [0, 0.05) is 0 Å². The van der Waals surface area contributed by atoms with Crippen LogP contribution in [0.4, 0.5) is 0 Å². The number of halogens is 1. The first-order chi connectivity index (χ1) is 8.58. The predicted octanol–water partition coefficient (Wildman–Crippen LogP) is 0.130. The molecule has 0 aromatic heterocycles. The standard InChI is InChI=1S/C15H14IO2/c1-10-7-8-13(11(2)9-10)16-14-6-4-3-5-12(14)15(17)18/h3-9H,1-2H3,(H,17,18)/q-1. The minimum atomic E-state index is -0.838. The zero-order valence-electron chi connectivity index (χ0n) is 10.3. The van der Waals surface area contributed by atoms with Crippen LogP contribution < -0.4 is 21.2 Å². The Morgan fingerprint density at radius 3 is 2.44 bits per heavy atom. The fourth-order valence-electron chi connectivity index (χ4n) is 1.73. The van der Waals surface area contributed by atoms with Crippen LogP contribution in [-0.4, -0.2) is 11.1 Å². The molecule has 0 spiro atoms. The molecule has 0 radical (unpaired) electrons. The van der Waals surface area contributed by atoms with E-state index in [-0.39, 0.29) is 0 Å². The van der Waals surface area contributed by atoms with E-state index in [9.17, 15) is 9.90 Å². The molecule has 0 atom stereocenters. The van der Waals surface area contributed by atoms with Crippen LogP contribution in [0.25, 0.3) is 0 Å². The summed E-state index contributed by atoms with van der Waals surface area (Å²) < 4.78 is 2.25. The first-order valence-corrected chi connectivity index (χ1v) is 7.78. The van der Waals surface area contributed by atoms with E-state index in [1.54, 1.807) is 12.1 Å². The van der Waals surface area contributed by atoms with Gasteiger partial charge in [0.05, 0.1) is 0 Å². The molecular formula is C15H14IO2-. The van der Waals surface area contributed by atoms with E-state index in [0.29, 0.717) is 5.56 Å². The van der Waals surface area contributed by atoms with Gasteiger partial charge in [0.1, 0.15) is 0 Å². The number of carboxylic acids is 1. The van der Waals surface area contributed by atoms with Gasteiger partial charge in [0.25, 0.3) is 0 Å². The Kier molecular flexibility index (Phi) is 4.01. The molecule has 0 unspecified atom stereocenters. The van der Waals surface area contributed by atoms with Crippen LogP contribution in [0.5, 0.6) is 0 Å². The number of aromatic carboxylic acids is 1. The molecule has 0 aliphatic rings. The summed E-state index contributed by atoms with van der Waals surface area (Å²) in [5, 5.41) is 9.17. The van der Waals surface area contributed by atoms with E-state index < -0.39 is 27.2 Å². The van der Waals surface area contributed by atoms with Crippen LogP contribution in [0.2, 0.25) is 0 Å². The molecule has 0 aliphatic carbocycles. The number of rotatable bonds is 3. The summed E-state index contributed by atoms with van der Waals surface area (Å²) in [6, 6.07) is 13.7. The second-order valence-electron chi connectivity index (χ2n) is 4.13. The number of aryl methyl sites for hydroxylation is 2. The summed E-state index contributed by atoms with van der Waals surface area (Å²) in [7, 11) is 0. The van der Waals surface area contributed by atoms with Crippen LogP contribution in [0.3, 0.4) is 0 Å². The van der Waals surface area contributed by atoms with Gasteiger partial charge >= 0.3 is 117 Å². The summed E-state index contributed by atoms with van der Waals surface area (Å²) in [6.07, 6.45) is 0. The number of hydrogen-bond donors (Lipinski definition) is 1. The summed E-state index contributed by atoms with van der Waals surface area (Å²) in [6.45, 7) is 4.16. The van der Waals surface area contributed by atoms with Gasteiger partial charge in [-0.05, 0) is 0 Å². The van der Waals surface area contributed by atoms with Crippen molar-refractivity contribution >= 4 is 5.97 Å². The Morgan fingerprint density at radius 1 is 1.06 bits per heavy atom. The van der Waals surface area contributed by atoms with Crippen molar-refractivity contribution in [1.82, 2.24) is 0 Å². The third kappa shape index (κ3) is 2.90. The monoisotopic (exact) mass is 353 g/mol. The predicted molar refractivity (Wildman–Crippen MR) is 66.7 cm³/mol. The minimum absolute atomic E-state index is 0.435. The molecule has 0 amide bonds. The van der Waals surface area contributed by atoms with E-state index in [0.717, 1.165) is 3.57 Å². The Hall–Kier alpha value is -1.36. The maximum absolute atomic E-state index is 11.2. The van der Waals surface area contributed by atoms with E-state index in [2.05, 4.69) is 32.0 Å². The van der Waals surface area contributed by atoms with E-state index in [1.165, 1.54) is 14.7 Å². The third-order valence-corrected chi connectivity index (χ3v) is 5.93. The Bertz CT molecular complexity index is 591. The van der Waals surface area contributed by atoms with Crippen molar-refractivity contribution in [3.8, 4) is 0 Å². The molecule has 2 aromatic rings. The van der Waals surface area contributed by atoms with Gasteiger partial charge < -0.3 is 0 Å². The SMILES string of the molecule is Cc1ccc([I-]c2ccccc2C(=O)O)c(C)c1. The molecule has 18 heavy (non-hydrogen) atoms. The molecule has 0 saturated carbocycles. The third-order valence-electron chi connectivity index (χ3n) is 2.62. The van der Waals surface area contributed by atoms with Gasteiger partial charge in [0.2, 0.25) is 0 Å². The number of benzene rings is 2. The van der Waals surface area contributed by atoms with Crippen molar-refractivity contribution in [3.05, 3.63) is 66.3 Å². The number of carbonyl (C=O) groups is 1. The average Bonchev–Trinajstić information content (AvgIpc) is 2.33. The van der Waals surface area contributed by atoms with Gasteiger partial charge in [-0.3, -0.25) is 0 Å². The fraction of sp³-hybridized carbons (Fsp3) is 0.133. The molecule has 2 aromatic carbocycles. The second kappa shape index (κ2) is 5.52. The Labute approximate surface area is 117 Å². The molecule has 0 heterocycles. The van der Waals surface area contributed by atoms with Gasteiger partial charge in [0.15, 0.2) is 0 Å². The molecule has 1 N–H and O–H groups in total. The molecule has 2 nitrogen and oxygen atoms in total. The van der Waals surface area contributed by atoms with Gasteiger partial charge in [-0.15, -0.1) is 0 Å². The molecule has 3 heteroatoms. The second-order valence-corrected chi connectivity index (χ2v) is 7.00. The Balaban J connectivity index is 2.37. The summed E-state index contributed by atoms with van der Waals surface area (Å²) in [5.41, 5.74) is 2.93. The normalized spacial score (nSPS) is 10.6. The van der Waals surface area contributed by atoms with Gasteiger partial charge in [-0.1, -0.05) is 0 Å². The van der Waals surface area contributed by atoms with Crippen molar-refractivity contribution in [2.24, 2.45) is 0 Å². The zero-order chi connectivity index (χ0) is 13.1. The molecular weight excluding hydrogens is 339 g/mol. The van der Waals surface area contributed by atoms with E-state index >= 15 is 0 Å². The number of hydrogen-bond acceptors (Lipinski definition) is 1. The van der Waals surface area contributed by atoms with Crippen LogP contribution in [-0.2, 0) is 0 Å². The van der Waals surface area contributed by atoms with E-state index in [4.69, 9.17) is 0 Å². The van der Waals surface area contributed by atoms with E-state index in [1.807, 2.05) is 12.1 Å². The molecule has 0 bridgehead atoms. The zero-order valence-corrected chi connectivity index (χ0v) is 12.4. The number of carboxylic acid groups (broad SMARTS) is 1. The van der Waals surface area contributed by atoms with Gasteiger partial charge in [-0.25, -0.2) is 0 Å². The summed E-state index contributed by atoms with van der Waals surface area (Å²) >= 11 is -0.442. The van der Waals surface area contributed by atoms with Crippen LogP contribution >= 0.6 is 0 Å². The van der Waals surface area contributed by atoms with Crippen molar-refractivity contribution in [1.29, 1.82) is 0 Å². The first-order valence-electron chi connectivity index (χ1n) is 5.62. The summed E-state index contributed by atoms with van der Waals surface area (Å²) in [5.74, 6) is -0.838. The van der Waals surface area contributed by atoms with Gasteiger partial charge in [-0.2, -0.15) is 0 Å². The molecule has 0 saturated heterocycles. The fourth-order valence-corrected chi connectivity index (χ4v) is 4.38. The quantitative estimate of drug-likeness (QED) is 0.797. The van der Waals surface area contributed by atoms with Crippen LogP contribution in [0.15, 0.2) is 42.5 Å². The molecule has 0 aliphatic heterocycles. The summed E-state index contributed by atoms with van der Waals surface area (Å²) in [4.78, 5) is 11.2. The van der Waals surface area contributed by atoms with Crippen molar-refractivity contribution in [2.45, 2.75) is 13.8 Å². The molecule has 94 valence electrons. The average molecular weight is 353 g/mol. The molecule has 2 rings (SSSR count). The van der Waals surface area contributed by atoms with Crippen molar-refractivity contribution in [3.63, 3.8) is 0 Å². The van der Waals surface area contributed by atoms with Crippen LogP contribution in [0.1, 0.15) is 21.5 Å². The van der Waals surface area contributed by atoms with Crippen LogP contribution in [0, 0.1) is 21.0 Å². The maximum atomic E-state index is 11.2. The van der Waals surface area contributed by atoms with Crippen molar-refractivity contribution < 1.29 is 31.1 Å². The first kappa shape index (κ1) is 13.1.